The van der Waals surface area contributed by atoms with Gasteiger partial charge in [0.2, 0.25) is 0 Å². The zero-order valence-corrected chi connectivity index (χ0v) is 15.5. The number of benzene rings is 2. The fraction of sp³-hybridized carbons (Fsp3) is 0.158. The molecule has 0 aliphatic carbocycles. The van der Waals surface area contributed by atoms with Gasteiger partial charge in [-0.1, -0.05) is 18.2 Å². The lowest BCUT2D eigenvalue weighted by Gasteiger charge is -2.12. The van der Waals surface area contributed by atoms with Crippen LogP contribution in [0.15, 0.2) is 42.5 Å². The Morgan fingerprint density at radius 2 is 1.78 bits per heavy atom. The van der Waals surface area contributed by atoms with Gasteiger partial charge in [0.25, 0.3) is 0 Å². The molecule has 0 aliphatic rings. The molecule has 0 saturated heterocycles. The Hall–Kier alpha value is -2.87. The zero-order chi connectivity index (χ0) is 19.6. The van der Waals surface area contributed by atoms with E-state index in [-0.39, 0.29) is 23.2 Å². The molecule has 4 nitrogen and oxygen atoms in total. The van der Waals surface area contributed by atoms with Crippen molar-refractivity contribution in [1.29, 1.82) is 0 Å². The third-order valence-corrected chi connectivity index (χ3v) is 4.28. The van der Waals surface area contributed by atoms with Gasteiger partial charge in [0.15, 0.2) is 5.11 Å². The summed E-state index contributed by atoms with van der Waals surface area (Å²) in [6.45, 7) is 3.88. The molecule has 2 N–H and O–H groups in total. The van der Waals surface area contributed by atoms with E-state index in [1.165, 1.54) is 12.1 Å². The molecule has 3 rings (SSSR count). The molecular weight excluding hydrogens is 373 g/mol. The Bertz CT molecular complexity index is 1000. The summed E-state index contributed by atoms with van der Waals surface area (Å²) in [6, 6.07) is 9.66. The first-order chi connectivity index (χ1) is 12.8. The van der Waals surface area contributed by atoms with E-state index in [0.29, 0.717) is 16.9 Å². The Morgan fingerprint density at radius 3 is 2.48 bits per heavy atom. The molecule has 1 aromatic heterocycles. The molecule has 1 heterocycles. The lowest BCUT2D eigenvalue weighted by molar-refractivity contribution is 0.579. The smallest absolute Gasteiger partial charge is 0.175 e. The average Bonchev–Trinajstić information content (AvgIpc) is 2.87. The van der Waals surface area contributed by atoms with Crippen LogP contribution < -0.4 is 10.6 Å². The average molecular weight is 390 g/mol. The Kier molecular flexibility index (Phi) is 5.46. The van der Waals surface area contributed by atoms with E-state index in [2.05, 4.69) is 15.7 Å². The van der Waals surface area contributed by atoms with Crippen molar-refractivity contribution in [2.45, 2.75) is 20.4 Å². The van der Waals surface area contributed by atoms with Gasteiger partial charge < -0.3 is 10.6 Å². The van der Waals surface area contributed by atoms with E-state index in [9.17, 15) is 13.2 Å². The predicted octanol–water partition coefficient (Wildman–Crippen LogP) is 4.77. The first-order valence-electron chi connectivity index (χ1n) is 8.15. The van der Waals surface area contributed by atoms with Crippen molar-refractivity contribution < 1.29 is 13.2 Å². The number of hydrogen-bond donors (Lipinski definition) is 2. The molecular formula is C19H17F3N4S. The number of hydrogen-bond acceptors (Lipinski definition) is 2. The van der Waals surface area contributed by atoms with Gasteiger partial charge in [0.05, 0.1) is 29.3 Å². The maximum absolute atomic E-state index is 13.9. The molecule has 0 radical (unpaired) electrons. The lowest BCUT2D eigenvalue weighted by atomic mass is 10.2. The quantitative estimate of drug-likeness (QED) is 0.630. The minimum absolute atomic E-state index is 0.0583. The third kappa shape index (κ3) is 4.28. The molecule has 0 aliphatic heterocycles. The van der Waals surface area contributed by atoms with Crippen molar-refractivity contribution in [2.24, 2.45) is 0 Å². The molecule has 0 unspecified atom stereocenters. The topological polar surface area (TPSA) is 41.9 Å². The minimum atomic E-state index is -0.747. The van der Waals surface area contributed by atoms with E-state index in [0.717, 1.165) is 17.8 Å². The maximum atomic E-state index is 13.9. The van der Waals surface area contributed by atoms with Gasteiger partial charge in [-0.3, -0.25) is 4.68 Å². The van der Waals surface area contributed by atoms with Crippen molar-refractivity contribution in [3.8, 4) is 0 Å². The minimum Gasteiger partial charge on any atom is -0.330 e. The molecule has 27 heavy (non-hydrogen) atoms. The second-order valence-corrected chi connectivity index (χ2v) is 6.41. The Morgan fingerprint density at radius 1 is 1.04 bits per heavy atom. The summed E-state index contributed by atoms with van der Waals surface area (Å²) in [5, 5.41) is 10.2. The molecule has 2 aromatic carbocycles. The number of aryl methyl sites for hydroxylation is 1. The van der Waals surface area contributed by atoms with Crippen LogP contribution in [0.4, 0.5) is 24.5 Å². The van der Waals surface area contributed by atoms with E-state index in [1.807, 2.05) is 6.92 Å². The van der Waals surface area contributed by atoms with E-state index < -0.39 is 11.6 Å². The highest BCUT2D eigenvalue weighted by molar-refractivity contribution is 7.80. The van der Waals surface area contributed by atoms with Crippen molar-refractivity contribution in [2.75, 3.05) is 10.6 Å². The number of halogens is 3. The summed E-state index contributed by atoms with van der Waals surface area (Å²) in [6.07, 6.45) is 0. The van der Waals surface area contributed by atoms with Crippen LogP contribution in [0.2, 0.25) is 0 Å². The van der Waals surface area contributed by atoms with Crippen LogP contribution in [0.25, 0.3) is 0 Å². The van der Waals surface area contributed by atoms with Crippen LogP contribution in [-0.2, 0) is 6.54 Å². The van der Waals surface area contributed by atoms with Crippen molar-refractivity contribution >= 4 is 28.7 Å². The fourth-order valence-electron chi connectivity index (χ4n) is 2.68. The van der Waals surface area contributed by atoms with E-state index in [1.54, 1.807) is 29.8 Å². The number of nitrogens with zero attached hydrogens (tertiary/aromatic N) is 2. The second kappa shape index (κ2) is 7.79. The molecule has 0 fully saturated rings. The highest BCUT2D eigenvalue weighted by atomic mass is 32.1. The summed E-state index contributed by atoms with van der Waals surface area (Å²) in [4.78, 5) is 0. The number of anilines is 2. The largest absolute Gasteiger partial charge is 0.330 e. The Balaban J connectivity index is 1.76. The third-order valence-electron chi connectivity index (χ3n) is 4.08. The first kappa shape index (κ1) is 18.9. The molecule has 3 aromatic rings. The molecule has 8 heteroatoms. The normalized spacial score (nSPS) is 10.7. The van der Waals surface area contributed by atoms with E-state index >= 15 is 0 Å². The molecule has 0 saturated carbocycles. The van der Waals surface area contributed by atoms with Crippen LogP contribution in [0.1, 0.15) is 17.0 Å². The van der Waals surface area contributed by atoms with Gasteiger partial charge in [-0.25, -0.2) is 13.2 Å². The zero-order valence-electron chi connectivity index (χ0n) is 14.7. The molecule has 0 bridgehead atoms. The predicted molar refractivity (Wildman–Crippen MR) is 103 cm³/mol. The Labute approximate surface area is 160 Å². The number of thiocarbonyl (C=S) groups is 1. The first-order valence-corrected chi connectivity index (χ1v) is 8.56. The van der Waals surface area contributed by atoms with Gasteiger partial charge in [-0.2, -0.15) is 5.10 Å². The summed E-state index contributed by atoms with van der Waals surface area (Å²) >= 11 is 5.21. The van der Waals surface area contributed by atoms with Gasteiger partial charge in [0, 0.05) is 11.6 Å². The number of nitrogens with one attached hydrogen (secondary N) is 2. The molecule has 0 amide bonds. The highest BCUT2D eigenvalue weighted by Crippen LogP contribution is 2.22. The monoisotopic (exact) mass is 390 g/mol. The van der Waals surface area contributed by atoms with Crippen molar-refractivity contribution in [1.82, 2.24) is 9.78 Å². The van der Waals surface area contributed by atoms with Crippen LogP contribution in [-0.4, -0.2) is 14.9 Å². The summed E-state index contributed by atoms with van der Waals surface area (Å²) in [5.74, 6) is -1.72. The maximum Gasteiger partial charge on any atom is 0.175 e. The van der Waals surface area contributed by atoms with Gasteiger partial charge in [-0.15, -0.1) is 0 Å². The summed E-state index contributed by atoms with van der Waals surface area (Å²) < 4.78 is 42.3. The van der Waals surface area contributed by atoms with Gasteiger partial charge in [-0.05, 0) is 44.3 Å². The summed E-state index contributed by atoms with van der Waals surface area (Å²) in [7, 11) is 0. The standard InChI is InChI=1S/C19H17F3N4S/c1-11-18(24-19(27)23-17-8-7-14(20)9-16(17)22)12(2)26(25-11)10-13-5-3-4-6-15(13)21/h3-9H,10H2,1-2H3,(H2,23,24,27). The fourth-order valence-corrected chi connectivity index (χ4v) is 2.89. The van der Waals surface area contributed by atoms with Crippen LogP contribution in [0.3, 0.4) is 0 Å². The van der Waals surface area contributed by atoms with Crippen molar-refractivity contribution in [3.05, 3.63) is 76.9 Å². The second-order valence-electron chi connectivity index (χ2n) is 6.00. The summed E-state index contributed by atoms with van der Waals surface area (Å²) in [5.41, 5.74) is 2.63. The van der Waals surface area contributed by atoms with E-state index in [4.69, 9.17) is 12.2 Å². The van der Waals surface area contributed by atoms with Crippen LogP contribution in [0.5, 0.6) is 0 Å². The molecule has 140 valence electrons. The van der Waals surface area contributed by atoms with Gasteiger partial charge in [0.1, 0.15) is 17.5 Å². The SMILES string of the molecule is Cc1nn(Cc2ccccc2F)c(C)c1NC(=S)Nc1ccc(F)cc1F. The van der Waals surface area contributed by atoms with Crippen LogP contribution >= 0.6 is 12.2 Å². The number of rotatable bonds is 4. The molecule has 0 atom stereocenters. The van der Waals surface area contributed by atoms with Crippen LogP contribution in [0, 0.1) is 31.3 Å². The number of aromatic nitrogens is 2. The highest BCUT2D eigenvalue weighted by Gasteiger charge is 2.15. The molecule has 0 spiro atoms. The lowest BCUT2D eigenvalue weighted by Crippen LogP contribution is -2.20. The van der Waals surface area contributed by atoms with Crippen molar-refractivity contribution in [3.63, 3.8) is 0 Å². The van der Waals surface area contributed by atoms with Gasteiger partial charge >= 0.3 is 0 Å².